The van der Waals surface area contributed by atoms with Gasteiger partial charge in [-0.3, -0.25) is 10.00 Å². The van der Waals surface area contributed by atoms with E-state index < -0.39 is 0 Å². The molecule has 1 aliphatic rings. The zero-order valence-corrected chi connectivity index (χ0v) is 16.5. The normalized spacial score (nSPS) is 15.9. The molecule has 7 nitrogen and oxygen atoms in total. The van der Waals surface area contributed by atoms with E-state index in [1.807, 2.05) is 20.0 Å². The minimum atomic E-state index is -0.288. The first-order valence-electron chi connectivity index (χ1n) is 9.14. The Balaban J connectivity index is 1.37. The van der Waals surface area contributed by atoms with Crippen molar-refractivity contribution in [1.82, 2.24) is 25.3 Å². The average molecular weight is 400 g/mol. The molecule has 0 spiro atoms. The van der Waals surface area contributed by atoms with E-state index in [4.69, 9.17) is 0 Å². The zero-order chi connectivity index (χ0) is 19.7. The van der Waals surface area contributed by atoms with Gasteiger partial charge in [0.25, 0.3) is 0 Å². The number of urea groups is 1. The van der Waals surface area contributed by atoms with Gasteiger partial charge < -0.3 is 5.32 Å². The second kappa shape index (κ2) is 7.67. The van der Waals surface area contributed by atoms with Crippen LogP contribution in [0.5, 0.6) is 0 Å². The Hall–Kier alpha value is -2.81. The van der Waals surface area contributed by atoms with Crippen LogP contribution in [0, 0.1) is 12.7 Å². The van der Waals surface area contributed by atoms with Gasteiger partial charge in [-0.2, -0.15) is 0 Å². The number of carbonyl (C=O) groups excluding carboxylic acids is 1. The number of carbonyl (C=O) groups is 1. The van der Waals surface area contributed by atoms with Crippen molar-refractivity contribution >= 4 is 22.5 Å². The van der Waals surface area contributed by atoms with Crippen LogP contribution in [0.25, 0.3) is 0 Å². The molecule has 1 atom stereocenters. The molecule has 2 amide bonds. The van der Waals surface area contributed by atoms with Crippen molar-refractivity contribution in [3.05, 3.63) is 57.6 Å². The van der Waals surface area contributed by atoms with Crippen molar-refractivity contribution in [3.63, 3.8) is 0 Å². The summed E-state index contributed by atoms with van der Waals surface area (Å²) in [5.74, 6) is -0.233. The molecule has 146 valence electrons. The van der Waals surface area contributed by atoms with E-state index in [9.17, 15) is 9.18 Å². The lowest BCUT2D eigenvalue weighted by atomic mass is 9.96. The van der Waals surface area contributed by atoms with E-state index in [1.165, 1.54) is 17.4 Å². The highest BCUT2D eigenvalue weighted by Crippen LogP contribution is 2.26. The summed E-state index contributed by atoms with van der Waals surface area (Å²) >= 11 is 1.37. The van der Waals surface area contributed by atoms with Gasteiger partial charge in [0.05, 0.1) is 17.1 Å². The third-order valence-corrected chi connectivity index (χ3v) is 6.02. The van der Waals surface area contributed by atoms with Crippen LogP contribution in [-0.2, 0) is 26.3 Å². The highest BCUT2D eigenvalue weighted by atomic mass is 32.1. The zero-order valence-electron chi connectivity index (χ0n) is 15.7. The lowest BCUT2D eigenvalue weighted by molar-refractivity contribution is 0.247. The Bertz CT molecular complexity index is 1010. The molecular weight excluding hydrogens is 379 g/mol. The van der Waals surface area contributed by atoms with Crippen LogP contribution >= 0.6 is 11.3 Å². The summed E-state index contributed by atoms with van der Waals surface area (Å²) in [6.07, 6.45) is 2.81. The first-order valence-corrected chi connectivity index (χ1v) is 9.96. The second-order valence-corrected chi connectivity index (χ2v) is 8.02. The number of nitrogens with one attached hydrogen (secondary N) is 2. The van der Waals surface area contributed by atoms with Crippen LogP contribution < -0.4 is 10.6 Å². The number of halogens is 1. The van der Waals surface area contributed by atoms with Gasteiger partial charge in [-0.25, -0.2) is 14.2 Å². The summed E-state index contributed by atoms with van der Waals surface area (Å²) in [7, 11) is 1.88. The predicted octanol–water partition coefficient (Wildman–Crippen LogP) is 2.99. The third kappa shape index (κ3) is 3.89. The van der Waals surface area contributed by atoms with E-state index >= 15 is 0 Å². The van der Waals surface area contributed by atoms with Gasteiger partial charge in [-0.1, -0.05) is 23.4 Å². The Kier molecular flexibility index (Phi) is 5.08. The van der Waals surface area contributed by atoms with Crippen molar-refractivity contribution < 1.29 is 9.18 Å². The number of aryl methyl sites for hydroxylation is 2. The SMILES string of the molecule is Cc1nc(NC(=O)NC2CCc3c(nnn3C)C2)sc1Cc1ccccc1F. The molecule has 0 saturated carbocycles. The number of thiazole rings is 1. The quantitative estimate of drug-likeness (QED) is 0.705. The maximum Gasteiger partial charge on any atom is 0.321 e. The number of benzene rings is 1. The topological polar surface area (TPSA) is 84.7 Å². The molecule has 0 bridgehead atoms. The molecule has 0 radical (unpaired) electrons. The number of aromatic nitrogens is 4. The lowest BCUT2D eigenvalue weighted by Gasteiger charge is -2.22. The highest BCUT2D eigenvalue weighted by Gasteiger charge is 2.24. The number of rotatable bonds is 4. The molecule has 0 saturated heterocycles. The number of hydrogen-bond acceptors (Lipinski definition) is 5. The van der Waals surface area contributed by atoms with Crippen LogP contribution in [0.15, 0.2) is 24.3 Å². The van der Waals surface area contributed by atoms with Gasteiger partial charge in [0.2, 0.25) is 0 Å². The van der Waals surface area contributed by atoms with Gasteiger partial charge in [0, 0.05) is 30.8 Å². The number of anilines is 1. The Morgan fingerprint density at radius 3 is 3.04 bits per heavy atom. The second-order valence-electron chi connectivity index (χ2n) is 6.94. The molecule has 2 N–H and O–H groups in total. The fourth-order valence-electron chi connectivity index (χ4n) is 3.43. The molecule has 3 aromatic rings. The molecule has 1 unspecified atom stereocenters. The molecule has 28 heavy (non-hydrogen) atoms. The Labute approximate surface area is 166 Å². The monoisotopic (exact) mass is 400 g/mol. The maximum absolute atomic E-state index is 13.9. The first kappa shape index (κ1) is 18.5. The van der Waals surface area contributed by atoms with E-state index in [0.717, 1.165) is 34.8 Å². The Morgan fingerprint density at radius 2 is 2.21 bits per heavy atom. The first-order chi connectivity index (χ1) is 13.5. The molecule has 9 heteroatoms. The molecule has 1 aromatic carbocycles. The number of amides is 2. The third-order valence-electron chi connectivity index (χ3n) is 4.95. The number of fused-ring (bicyclic) bond motifs is 1. The summed E-state index contributed by atoms with van der Waals surface area (Å²) in [4.78, 5) is 17.7. The van der Waals surface area contributed by atoms with Gasteiger partial charge in [0.1, 0.15) is 5.82 Å². The van der Waals surface area contributed by atoms with Gasteiger partial charge in [-0.15, -0.1) is 16.4 Å². The summed E-state index contributed by atoms with van der Waals surface area (Å²) in [5.41, 5.74) is 3.49. The van der Waals surface area contributed by atoms with E-state index in [0.29, 0.717) is 23.5 Å². The minimum Gasteiger partial charge on any atom is -0.335 e. The number of hydrogen-bond donors (Lipinski definition) is 2. The highest BCUT2D eigenvalue weighted by molar-refractivity contribution is 7.15. The van der Waals surface area contributed by atoms with Crippen LogP contribution in [0.4, 0.5) is 14.3 Å². The fourth-order valence-corrected chi connectivity index (χ4v) is 4.41. The summed E-state index contributed by atoms with van der Waals surface area (Å²) in [6, 6.07) is 6.42. The predicted molar refractivity (Wildman–Crippen MR) is 105 cm³/mol. The average Bonchev–Trinajstić information content (AvgIpc) is 3.19. The van der Waals surface area contributed by atoms with E-state index in [1.54, 1.807) is 16.8 Å². The van der Waals surface area contributed by atoms with Crippen LogP contribution in [0.3, 0.4) is 0 Å². The maximum atomic E-state index is 13.9. The standard InChI is InChI=1S/C19H21FN6OS/c1-11-17(9-12-5-3-4-6-14(12)20)28-19(21-11)23-18(27)22-13-7-8-16-15(10-13)24-25-26(16)2/h3-6,13H,7-10H2,1-2H3,(H2,21,22,23,27). The molecule has 1 aliphatic carbocycles. The molecule has 4 rings (SSSR count). The smallest absolute Gasteiger partial charge is 0.321 e. The molecule has 2 aromatic heterocycles. The molecule has 0 aliphatic heterocycles. The van der Waals surface area contributed by atoms with Gasteiger partial charge >= 0.3 is 6.03 Å². The van der Waals surface area contributed by atoms with Crippen LogP contribution in [0.2, 0.25) is 0 Å². The van der Waals surface area contributed by atoms with E-state index in [-0.39, 0.29) is 17.9 Å². The number of nitrogens with zero attached hydrogens (tertiary/aromatic N) is 4. The van der Waals surface area contributed by atoms with Gasteiger partial charge in [-0.05, 0) is 31.4 Å². The Morgan fingerprint density at radius 1 is 1.39 bits per heavy atom. The van der Waals surface area contributed by atoms with E-state index in [2.05, 4.69) is 25.9 Å². The summed E-state index contributed by atoms with van der Waals surface area (Å²) < 4.78 is 15.7. The minimum absolute atomic E-state index is 0.0168. The summed E-state index contributed by atoms with van der Waals surface area (Å²) in [6.45, 7) is 1.87. The fraction of sp³-hybridized carbons (Fsp3) is 0.368. The van der Waals surface area contributed by atoms with Crippen molar-refractivity contribution in [2.75, 3.05) is 5.32 Å². The lowest BCUT2D eigenvalue weighted by Crippen LogP contribution is -2.41. The van der Waals surface area contributed by atoms with Crippen molar-refractivity contribution in [2.45, 2.75) is 38.6 Å². The van der Waals surface area contributed by atoms with Crippen molar-refractivity contribution in [3.8, 4) is 0 Å². The molecule has 0 fully saturated rings. The van der Waals surface area contributed by atoms with Crippen molar-refractivity contribution in [2.24, 2.45) is 7.05 Å². The molecular formula is C19H21FN6OS. The van der Waals surface area contributed by atoms with Crippen LogP contribution in [0.1, 0.15) is 33.9 Å². The molecule has 2 heterocycles. The van der Waals surface area contributed by atoms with Gasteiger partial charge in [0.15, 0.2) is 5.13 Å². The van der Waals surface area contributed by atoms with Crippen molar-refractivity contribution in [1.29, 1.82) is 0 Å². The summed E-state index contributed by atoms with van der Waals surface area (Å²) in [5, 5.41) is 14.5. The largest absolute Gasteiger partial charge is 0.335 e. The van der Waals surface area contributed by atoms with Crippen LogP contribution in [-0.4, -0.2) is 32.1 Å².